The van der Waals surface area contributed by atoms with Crippen LogP contribution in [-0.4, -0.2) is 6.29 Å². The first-order valence-electron chi connectivity index (χ1n) is 4.66. The molecule has 0 unspecified atom stereocenters. The average Bonchev–Trinajstić information content (AvgIpc) is 2.04. The van der Waals surface area contributed by atoms with E-state index in [0.717, 1.165) is 12.8 Å². The van der Waals surface area contributed by atoms with Crippen molar-refractivity contribution in [2.24, 2.45) is 5.41 Å². The number of hydrogen-bond acceptors (Lipinski definition) is 1. The van der Waals surface area contributed by atoms with E-state index in [1.165, 1.54) is 5.57 Å². The van der Waals surface area contributed by atoms with Crippen LogP contribution in [0.5, 0.6) is 0 Å². The SMILES string of the molecule is C=C[C@@](C)(C[C]=O)CCC=C(C)C. The van der Waals surface area contributed by atoms with E-state index in [1.807, 2.05) is 19.3 Å². The van der Waals surface area contributed by atoms with Crippen molar-refractivity contribution in [2.75, 3.05) is 0 Å². The maximum atomic E-state index is 10.3. The Morgan fingerprint density at radius 2 is 2.15 bits per heavy atom. The third kappa shape index (κ3) is 5.40. The maximum Gasteiger partial charge on any atom is 0.199 e. The molecule has 0 aromatic rings. The van der Waals surface area contributed by atoms with Gasteiger partial charge in [-0.2, -0.15) is 0 Å². The van der Waals surface area contributed by atoms with Gasteiger partial charge in [0.2, 0.25) is 0 Å². The van der Waals surface area contributed by atoms with Gasteiger partial charge < -0.3 is 0 Å². The zero-order valence-corrected chi connectivity index (χ0v) is 8.89. The van der Waals surface area contributed by atoms with Crippen LogP contribution >= 0.6 is 0 Å². The van der Waals surface area contributed by atoms with Crippen molar-refractivity contribution < 1.29 is 4.79 Å². The molecule has 0 amide bonds. The lowest BCUT2D eigenvalue weighted by Crippen LogP contribution is -2.12. The van der Waals surface area contributed by atoms with Crippen LogP contribution in [-0.2, 0) is 4.79 Å². The normalized spacial score (nSPS) is 14.4. The van der Waals surface area contributed by atoms with Crippen LogP contribution in [0.3, 0.4) is 0 Å². The van der Waals surface area contributed by atoms with Gasteiger partial charge in [0.1, 0.15) is 0 Å². The van der Waals surface area contributed by atoms with Gasteiger partial charge in [0.25, 0.3) is 0 Å². The van der Waals surface area contributed by atoms with E-state index in [-0.39, 0.29) is 5.41 Å². The van der Waals surface area contributed by atoms with E-state index in [0.29, 0.717) is 6.42 Å². The fourth-order valence-corrected chi connectivity index (χ4v) is 1.12. The summed E-state index contributed by atoms with van der Waals surface area (Å²) in [5, 5.41) is 0. The fraction of sp³-hybridized carbons (Fsp3) is 0.583. The maximum absolute atomic E-state index is 10.3. The van der Waals surface area contributed by atoms with Crippen molar-refractivity contribution >= 4 is 6.29 Å². The largest absolute Gasteiger partial charge is 0.291 e. The first-order valence-corrected chi connectivity index (χ1v) is 4.66. The summed E-state index contributed by atoms with van der Waals surface area (Å²) in [7, 11) is 0. The molecule has 0 aliphatic heterocycles. The predicted molar refractivity (Wildman–Crippen MR) is 57.3 cm³/mol. The first kappa shape index (κ1) is 12.2. The smallest absolute Gasteiger partial charge is 0.199 e. The molecule has 1 nitrogen and oxygen atoms in total. The molecule has 13 heavy (non-hydrogen) atoms. The van der Waals surface area contributed by atoms with Crippen LogP contribution in [0.2, 0.25) is 0 Å². The first-order chi connectivity index (χ1) is 6.04. The van der Waals surface area contributed by atoms with E-state index in [9.17, 15) is 4.79 Å². The van der Waals surface area contributed by atoms with Crippen LogP contribution in [0.4, 0.5) is 0 Å². The highest BCUT2D eigenvalue weighted by Crippen LogP contribution is 2.28. The third-order valence-corrected chi connectivity index (χ3v) is 2.24. The molecule has 0 saturated carbocycles. The van der Waals surface area contributed by atoms with E-state index < -0.39 is 0 Å². The summed E-state index contributed by atoms with van der Waals surface area (Å²) in [4.78, 5) is 10.3. The molecule has 1 radical (unpaired) electrons. The number of carbonyl (C=O) groups excluding carboxylic acids is 1. The highest BCUT2D eigenvalue weighted by atomic mass is 16.1. The van der Waals surface area contributed by atoms with E-state index >= 15 is 0 Å². The molecule has 0 fully saturated rings. The second kappa shape index (κ2) is 5.74. The Hall–Kier alpha value is -0.850. The minimum Gasteiger partial charge on any atom is -0.291 e. The average molecular weight is 179 g/mol. The molecule has 1 heteroatoms. The second-order valence-electron chi connectivity index (χ2n) is 4.00. The molecule has 1 atom stereocenters. The summed E-state index contributed by atoms with van der Waals surface area (Å²) in [6.45, 7) is 9.96. The van der Waals surface area contributed by atoms with Gasteiger partial charge in [0, 0.05) is 6.42 Å². The Morgan fingerprint density at radius 3 is 2.54 bits per heavy atom. The van der Waals surface area contributed by atoms with E-state index in [4.69, 9.17) is 0 Å². The molecule has 0 bridgehead atoms. The van der Waals surface area contributed by atoms with Gasteiger partial charge >= 0.3 is 0 Å². The van der Waals surface area contributed by atoms with Gasteiger partial charge in [0.05, 0.1) is 0 Å². The van der Waals surface area contributed by atoms with Crippen molar-refractivity contribution in [1.29, 1.82) is 0 Å². The van der Waals surface area contributed by atoms with Gasteiger partial charge in [-0.15, -0.1) is 6.58 Å². The Kier molecular flexibility index (Phi) is 5.36. The van der Waals surface area contributed by atoms with Crippen LogP contribution in [0.1, 0.15) is 40.0 Å². The summed E-state index contributed by atoms with van der Waals surface area (Å²) in [6, 6.07) is 0. The zero-order valence-electron chi connectivity index (χ0n) is 8.89. The molecule has 0 rings (SSSR count). The van der Waals surface area contributed by atoms with Crippen molar-refractivity contribution in [1.82, 2.24) is 0 Å². The Bertz CT molecular complexity index is 199. The van der Waals surface area contributed by atoms with Gasteiger partial charge in [-0.3, -0.25) is 4.79 Å². The van der Waals surface area contributed by atoms with Gasteiger partial charge in [-0.25, -0.2) is 0 Å². The summed E-state index contributed by atoms with van der Waals surface area (Å²) >= 11 is 0. The predicted octanol–water partition coefficient (Wildman–Crippen LogP) is 3.42. The second-order valence-corrected chi connectivity index (χ2v) is 4.00. The standard InChI is InChI=1S/C12H19O/c1-5-12(4,9-10-13)8-6-7-11(2)3/h5,7H,1,6,8-9H2,2-4H3/t12-/m1/s1. The number of rotatable bonds is 6. The minimum atomic E-state index is -0.0757. The van der Waals surface area contributed by atoms with Crippen molar-refractivity contribution in [3.63, 3.8) is 0 Å². The molecule has 0 aliphatic carbocycles. The third-order valence-electron chi connectivity index (χ3n) is 2.24. The molecule has 0 heterocycles. The summed E-state index contributed by atoms with van der Waals surface area (Å²) in [5.41, 5.74) is 1.25. The number of allylic oxidation sites excluding steroid dienone is 3. The van der Waals surface area contributed by atoms with Gasteiger partial charge in [0.15, 0.2) is 6.29 Å². The number of hydrogen-bond donors (Lipinski definition) is 0. The van der Waals surface area contributed by atoms with Crippen molar-refractivity contribution in [3.05, 3.63) is 24.3 Å². The van der Waals surface area contributed by atoms with Crippen LogP contribution in [0.25, 0.3) is 0 Å². The Labute approximate surface area is 81.5 Å². The molecule has 0 aromatic heterocycles. The van der Waals surface area contributed by atoms with Crippen molar-refractivity contribution in [2.45, 2.75) is 40.0 Å². The zero-order chi connectivity index (χ0) is 10.3. The molecular weight excluding hydrogens is 160 g/mol. The summed E-state index contributed by atoms with van der Waals surface area (Å²) in [6.07, 6.45) is 8.43. The lowest BCUT2D eigenvalue weighted by molar-refractivity contribution is 0.400. The highest BCUT2D eigenvalue weighted by Gasteiger charge is 2.18. The summed E-state index contributed by atoms with van der Waals surface area (Å²) < 4.78 is 0. The van der Waals surface area contributed by atoms with Crippen LogP contribution in [0, 0.1) is 5.41 Å². The molecule has 0 aromatic carbocycles. The van der Waals surface area contributed by atoms with E-state index in [1.54, 1.807) is 0 Å². The van der Waals surface area contributed by atoms with Crippen molar-refractivity contribution in [3.8, 4) is 0 Å². The topological polar surface area (TPSA) is 17.1 Å². The Balaban J connectivity index is 4.04. The molecular formula is C12H19O. The lowest BCUT2D eigenvalue weighted by Gasteiger charge is -2.21. The van der Waals surface area contributed by atoms with Crippen LogP contribution in [0.15, 0.2) is 24.3 Å². The van der Waals surface area contributed by atoms with Crippen LogP contribution < -0.4 is 0 Å². The van der Waals surface area contributed by atoms with Gasteiger partial charge in [-0.05, 0) is 32.1 Å². The molecule has 0 saturated heterocycles. The molecule has 0 spiro atoms. The highest BCUT2D eigenvalue weighted by molar-refractivity contribution is 5.52. The summed E-state index contributed by atoms with van der Waals surface area (Å²) in [5.74, 6) is 0. The lowest BCUT2D eigenvalue weighted by atomic mass is 9.83. The monoisotopic (exact) mass is 179 g/mol. The molecule has 0 aliphatic rings. The fourth-order valence-electron chi connectivity index (χ4n) is 1.12. The van der Waals surface area contributed by atoms with Gasteiger partial charge in [-0.1, -0.05) is 24.6 Å². The van der Waals surface area contributed by atoms with E-state index in [2.05, 4.69) is 26.5 Å². The molecule has 73 valence electrons. The minimum absolute atomic E-state index is 0.0757. The quantitative estimate of drug-likeness (QED) is 0.571. The molecule has 0 N–H and O–H groups in total. The Morgan fingerprint density at radius 1 is 1.54 bits per heavy atom.